The number of aromatic nitrogens is 2. The number of fused-ring (bicyclic) bond motifs is 1. The molecule has 0 saturated carbocycles. The Bertz CT molecular complexity index is 1210. The molecule has 3 aromatic rings. The molecule has 0 spiro atoms. The van der Waals surface area contributed by atoms with Gasteiger partial charge in [-0.2, -0.15) is 0 Å². The van der Waals surface area contributed by atoms with E-state index in [1.54, 1.807) is 12.1 Å². The van der Waals surface area contributed by atoms with Gasteiger partial charge in [0.2, 0.25) is 0 Å². The summed E-state index contributed by atoms with van der Waals surface area (Å²) in [5.41, 5.74) is 0.708. The summed E-state index contributed by atoms with van der Waals surface area (Å²) in [6.45, 7) is 7.87. The van der Waals surface area contributed by atoms with Gasteiger partial charge in [-0.3, -0.25) is 9.69 Å². The van der Waals surface area contributed by atoms with Gasteiger partial charge >= 0.3 is 5.97 Å². The number of esters is 1. The molecular formula is C24H26ClFN4O4. The van der Waals surface area contributed by atoms with E-state index in [1.807, 2.05) is 31.7 Å². The number of halogens is 2. The molecule has 1 N–H and O–H groups in total. The van der Waals surface area contributed by atoms with Crippen LogP contribution in [0.25, 0.3) is 10.9 Å². The highest BCUT2D eigenvalue weighted by Gasteiger charge is 2.32. The van der Waals surface area contributed by atoms with E-state index in [-0.39, 0.29) is 17.5 Å². The second-order valence-electron chi connectivity index (χ2n) is 8.52. The number of carbonyl (C=O) groups is 1. The normalized spacial score (nSPS) is 15.7. The molecule has 8 nitrogen and oxygen atoms in total. The van der Waals surface area contributed by atoms with Gasteiger partial charge in [0, 0.05) is 30.2 Å². The van der Waals surface area contributed by atoms with Gasteiger partial charge in [0.1, 0.15) is 30.2 Å². The number of carbonyl (C=O) groups excluding carboxylic acids is 1. The first-order valence-corrected chi connectivity index (χ1v) is 11.3. The third-order valence-corrected chi connectivity index (χ3v) is 5.48. The first-order valence-electron chi connectivity index (χ1n) is 10.9. The van der Waals surface area contributed by atoms with Gasteiger partial charge in [0.15, 0.2) is 11.5 Å². The van der Waals surface area contributed by atoms with Crippen molar-refractivity contribution in [1.82, 2.24) is 14.9 Å². The monoisotopic (exact) mass is 488 g/mol. The standard InChI is InChI=1S/C24H26ClFN4O4/c1-4-32-21-11-19-16(23(28-14-27-19)29-15-5-6-18(26)17(25)9-15)10-20(21)33-8-7-30-12-22(31)34-24(2,3)13-30/h5-6,9-11,14H,4,7-8,12-13H2,1-3H3,(H,27,28,29). The van der Waals surface area contributed by atoms with Crippen molar-refractivity contribution in [3.63, 3.8) is 0 Å². The van der Waals surface area contributed by atoms with Crippen molar-refractivity contribution in [2.24, 2.45) is 0 Å². The van der Waals surface area contributed by atoms with Crippen LogP contribution >= 0.6 is 11.6 Å². The molecule has 2 aromatic carbocycles. The molecule has 1 saturated heterocycles. The largest absolute Gasteiger partial charge is 0.490 e. The van der Waals surface area contributed by atoms with Crippen LogP contribution in [0.4, 0.5) is 15.9 Å². The summed E-state index contributed by atoms with van der Waals surface area (Å²) >= 11 is 5.91. The molecule has 180 valence electrons. The minimum Gasteiger partial charge on any atom is -0.490 e. The molecule has 0 amide bonds. The zero-order valence-corrected chi connectivity index (χ0v) is 20.0. The fourth-order valence-corrected chi connectivity index (χ4v) is 4.03. The SMILES string of the molecule is CCOc1cc2ncnc(Nc3ccc(F)c(Cl)c3)c2cc1OCCN1CC(=O)OC(C)(C)C1. The Morgan fingerprint density at radius 3 is 2.74 bits per heavy atom. The molecule has 1 aromatic heterocycles. The van der Waals surface area contributed by atoms with Crippen LogP contribution in [-0.4, -0.2) is 59.3 Å². The lowest BCUT2D eigenvalue weighted by Gasteiger charge is -2.37. The topological polar surface area (TPSA) is 85.8 Å². The van der Waals surface area contributed by atoms with Crippen LogP contribution in [0.1, 0.15) is 20.8 Å². The molecule has 34 heavy (non-hydrogen) atoms. The molecule has 0 radical (unpaired) electrons. The van der Waals surface area contributed by atoms with Gasteiger partial charge < -0.3 is 19.5 Å². The lowest BCUT2D eigenvalue weighted by molar-refractivity contribution is -0.169. The maximum atomic E-state index is 13.5. The highest BCUT2D eigenvalue weighted by molar-refractivity contribution is 6.31. The van der Waals surface area contributed by atoms with E-state index in [2.05, 4.69) is 15.3 Å². The predicted octanol–water partition coefficient (Wildman–Crippen LogP) is 4.58. The third kappa shape index (κ3) is 5.66. The van der Waals surface area contributed by atoms with E-state index >= 15 is 0 Å². The van der Waals surface area contributed by atoms with Crippen molar-refractivity contribution in [3.8, 4) is 11.5 Å². The van der Waals surface area contributed by atoms with Crippen molar-refractivity contribution in [2.45, 2.75) is 26.4 Å². The average molecular weight is 489 g/mol. The Morgan fingerprint density at radius 2 is 2.00 bits per heavy atom. The Kier molecular flexibility index (Phi) is 7.04. The zero-order valence-electron chi connectivity index (χ0n) is 19.2. The van der Waals surface area contributed by atoms with Crippen LogP contribution in [0.5, 0.6) is 11.5 Å². The molecule has 4 rings (SSSR count). The number of cyclic esters (lactones) is 1. The van der Waals surface area contributed by atoms with E-state index in [4.69, 9.17) is 25.8 Å². The number of hydrogen-bond acceptors (Lipinski definition) is 8. The first kappa shape index (κ1) is 24.0. The van der Waals surface area contributed by atoms with Crippen molar-refractivity contribution in [1.29, 1.82) is 0 Å². The Morgan fingerprint density at radius 1 is 1.21 bits per heavy atom. The summed E-state index contributed by atoms with van der Waals surface area (Å²) in [5.74, 6) is 0.861. The second kappa shape index (κ2) is 9.99. The maximum absolute atomic E-state index is 13.5. The number of nitrogens with zero attached hydrogens (tertiary/aromatic N) is 3. The van der Waals surface area contributed by atoms with Gasteiger partial charge in [0.05, 0.1) is 23.7 Å². The number of ether oxygens (including phenoxy) is 3. The van der Waals surface area contributed by atoms with E-state index < -0.39 is 11.4 Å². The number of hydrogen-bond donors (Lipinski definition) is 1. The van der Waals surface area contributed by atoms with Crippen molar-refractivity contribution < 1.29 is 23.4 Å². The molecule has 0 unspecified atom stereocenters. The molecule has 1 fully saturated rings. The fraction of sp³-hybridized carbons (Fsp3) is 0.375. The fourth-order valence-electron chi connectivity index (χ4n) is 3.85. The zero-order chi connectivity index (χ0) is 24.3. The third-order valence-electron chi connectivity index (χ3n) is 5.20. The lowest BCUT2D eigenvalue weighted by atomic mass is 10.1. The molecule has 2 heterocycles. The number of anilines is 2. The predicted molar refractivity (Wildman–Crippen MR) is 128 cm³/mol. The van der Waals surface area contributed by atoms with Gasteiger partial charge in [-0.25, -0.2) is 14.4 Å². The molecule has 0 bridgehead atoms. The van der Waals surface area contributed by atoms with Gasteiger partial charge in [-0.05, 0) is 45.0 Å². The van der Waals surface area contributed by atoms with Crippen LogP contribution in [-0.2, 0) is 9.53 Å². The number of benzene rings is 2. The summed E-state index contributed by atoms with van der Waals surface area (Å²) in [5, 5.41) is 3.87. The van der Waals surface area contributed by atoms with E-state index in [1.165, 1.54) is 18.5 Å². The minimum absolute atomic E-state index is 0.00999. The van der Waals surface area contributed by atoms with Crippen LogP contribution in [0.3, 0.4) is 0 Å². The molecule has 1 aliphatic rings. The summed E-state index contributed by atoms with van der Waals surface area (Å²) in [6.07, 6.45) is 1.43. The summed E-state index contributed by atoms with van der Waals surface area (Å²) < 4.78 is 30.7. The number of rotatable bonds is 8. The average Bonchev–Trinajstić information content (AvgIpc) is 2.76. The van der Waals surface area contributed by atoms with Gasteiger partial charge in [-0.15, -0.1) is 0 Å². The van der Waals surface area contributed by atoms with E-state index in [0.717, 1.165) is 0 Å². The summed E-state index contributed by atoms with van der Waals surface area (Å²) in [4.78, 5) is 22.5. The second-order valence-corrected chi connectivity index (χ2v) is 8.93. The van der Waals surface area contributed by atoms with Crippen molar-refractivity contribution in [2.75, 3.05) is 38.2 Å². The number of morpholine rings is 1. The van der Waals surface area contributed by atoms with Crippen molar-refractivity contribution in [3.05, 3.63) is 47.5 Å². The number of nitrogens with one attached hydrogen (secondary N) is 1. The van der Waals surface area contributed by atoms with E-state index in [0.29, 0.717) is 60.2 Å². The molecular weight excluding hydrogens is 463 g/mol. The van der Waals surface area contributed by atoms with Gasteiger partial charge in [0.25, 0.3) is 0 Å². The first-order chi connectivity index (χ1) is 16.2. The quantitative estimate of drug-likeness (QED) is 0.461. The molecule has 0 aliphatic carbocycles. The van der Waals surface area contributed by atoms with Crippen LogP contribution in [0.15, 0.2) is 36.7 Å². The lowest BCUT2D eigenvalue weighted by Crippen LogP contribution is -2.51. The van der Waals surface area contributed by atoms with Crippen LogP contribution in [0.2, 0.25) is 5.02 Å². The maximum Gasteiger partial charge on any atom is 0.320 e. The van der Waals surface area contributed by atoms with E-state index in [9.17, 15) is 9.18 Å². The molecule has 0 atom stereocenters. The highest BCUT2D eigenvalue weighted by atomic mass is 35.5. The Balaban J connectivity index is 1.56. The molecule has 1 aliphatic heterocycles. The Labute approximate surface area is 202 Å². The summed E-state index contributed by atoms with van der Waals surface area (Å²) in [6, 6.07) is 7.95. The summed E-state index contributed by atoms with van der Waals surface area (Å²) in [7, 11) is 0. The van der Waals surface area contributed by atoms with Crippen LogP contribution < -0.4 is 14.8 Å². The van der Waals surface area contributed by atoms with Crippen LogP contribution in [0, 0.1) is 5.82 Å². The minimum atomic E-state index is -0.532. The van der Waals surface area contributed by atoms with Crippen molar-refractivity contribution >= 4 is 40.0 Å². The van der Waals surface area contributed by atoms with Gasteiger partial charge in [-0.1, -0.05) is 11.6 Å². The Hall–Kier alpha value is -3.17. The smallest absolute Gasteiger partial charge is 0.320 e. The highest BCUT2D eigenvalue weighted by Crippen LogP contribution is 2.35. The molecule has 10 heteroatoms.